The van der Waals surface area contributed by atoms with Crippen LogP contribution in [-0.4, -0.2) is 92.9 Å². The van der Waals surface area contributed by atoms with E-state index in [1.54, 1.807) is 19.0 Å². The predicted octanol–water partition coefficient (Wildman–Crippen LogP) is 2.01. The van der Waals surface area contributed by atoms with E-state index in [-0.39, 0.29) is 18.7 Å². The molecule has 8 heteroatoms. The summed E-state index contributed by atoms with van der Waals surface area (Å²) in [6.45, 7) is 5.75. The molecule has 0 saturated carbocycles. The van der Waals surface area contributed by atoms with Gasteiger partial charge in [0.15, 0.2) is 0 Å². The molecule has 2 aliphatic rings. The smallest absolute Gasteiger partial charge is 0.407 e. The van der Waals surface area contributed by atoms with Crippen LogP contribution in [0.5, 0.6) is 0 Å². The second-order valence-corrected chi connectivity index (χ2v) is 8.30. The lowest BCUT2D eigenvalue weighted by Gasteiger charge is -2.38. The second-order valence-electron chi connectivity index (χ2n) is 8.30. The minimum atomic E-state index is -0.419. The molecule has 0 aromatic heterocycles. The Labute approximate surface area is 179 Å². The molecule has 0 radical (unpaired) electrons. The summed E-state index contributed by atoms with van der Waals surface area (Å²) in [6.07, 6.45) is 1.62. The number of benzene rings is 1. The van der Waals surface area contributed by atoms with Gasteiger partial charge in [-0.15, -0.1) is 0 Å². The van der Waals surface area contributed by atoms with Gasteiger partial charge in [-0.25, -0.2) is 9.59 Å². The number of nitrogens with one attached hydrogen (secondary N) is 1. The summed E-state index contributed by atoms with van der Waals surface area (Å²) in [4.78, 5) is 30.0. The van der Waals surface area contributed by atoms with E-state index in [9.17, 15) is 9.59 Å². The summed E-state index contributed by atoms with van der Waals surface area (Å²) in [5.74, 6) is 0.596. The Balaban J connectivity index is 1.33. The van der Waals surface area contributed by atoms with Gasteiger partial charge in [0.05, 0.1) is 12.7 Å². The van der Waals surface area contributed by atoms with Gasteiger partial charge in [-0.2, -0.15) is 0 Å². The molecule has 1 unspecified atom stereocenters. The first-order valence-electron chi connectivity index (χ1n) is 10.8. The van der Waals surface area contributed by atoms with Gasteiger partial charge >= 0.3 is 12.1 Å². The predicted molar refractivity (Wildman–Crippen MR) is 114 cm³/mol. The van der Waals surface area contributed by atoms with E-state index in [0.29, 0.717) is 19.1 Å². The number of hydrogen-bond donors (Lipinski definition) is 1. The van der Waals surface area contributed by atoms with Crippen LogP contribution in [0.15, 0.2) is 30.3 Å². The molecule has 8 nitrogen and oxygen atoms in total. The van der Waals surface area contributed by atoms with Crippen molar-refractivity contribution in [1.29, 1.82) is 0 Å². The summed E-state index contributed by atoms with van der Waals surface area (Å²) >= 11 is 0. The van der Waals surface area contributed by atoms with E-state index in [2.05, 4.69) is 10.2 Å². The van der Waals surface area contributed by atoms with E-state index in [1.165, 1.54) is 0 Å². The Hall–Kier alpha value is -2.32. The van der Waals surface area contributed by atoms with Crippen molar-refractivity contribution in [3.63, 3.8) is 0 Å². The Morgan fingerprint density at radius 1 is 1.17 bits per heavy atom. The zero-order valence-electron chi connectivity index (χ0n) is 18.1. The Kier molecular flexibility index (Phi) is 8.33. The number of urea groups is 1. The molecule has 2 aliphatic heterocycles. The lowest BCUT2D eigenvalue weighted by atomic mass is 9.96. The number of ether oxygens (including phenoxy) is 2. The standard InChI is InChI=1S/C22H34N4O4/c1-24(2)22(28)26-10-8-18(9-11-26)15-25-12-13-29-20(16-25)14-23-21(27)30-17-19-6-4-3-5-7-19/h3-7,18,20H,8-17H2,1-2H3,(H,23,27). The number of hydrogen-bond acceptors (Lipinski definition) is 5. The van der Waals surface area contributed by atoms with Crippen LogP contribution in [0.3, 0.4) is 0 Å². The van der Waals surface area contributed by atoms with Crippen molar-refractivity contribution in [3.05, 3.63) is 35.9 Å². The third-order valence-electron chi connectivity index (χ3n) is 5.69. The van der Waals surface area contributed by atoms with Gasteiger partial charge in [0, 0.05) is 53.4 Å². The Bertz CT molecular complexity index is 677. The van der Waals surface area contributed by atoms with Crippen LogP contribution in [-0.2, 0) is 16.1 Å². The Morgan fingerprint density at radius 3 is 2.60 bits per heavy atom. The third-order valence-corrected chi connectivity index (χ3v) is 5.69. The third kappa shape index (κ3) is 6.88. The molecule has 1 N–H and O–H groups in total. The summed E-state index contributed by atoms with van der Waals surface area (Å²) in [7, 11) is 3.60. The van der Waals surface area contributed by atoms with Crippen molar-refractivity contribution in [2.75, 3.05) is 60.0 Å². The lowest BCUT2D eigenvalue weighted by Crippen LogP contribution is -2.50. The Morgan fingerprint density at radius 2 is 1.90 bits per heavy atom. The molecule has 166 valence electrons. The molecule has 2 saturated heterocycles. The highest BCUT2D eigenvalue weighted by Crippen LogP contribution is 2.20. The fraction of sp³-hybridized carbons (Fsp3) is 0.636. The number of piperidine rings is 1. The molecule has 30 heavy (non-hydrogen) atoms. The van der Waals surface area contributed by atoms with Gasteiger partial charge < -0.3 is 24.6 Å². The quantitative estimate of drug-likeness (QED) is 0.765. The molecule has 3 amide bonds. The summed E-state index contributed by atoms with van der Waals surface area (Å²) in [5.41, 5.74) is 0.964. The highest BCUT2D eigenvalue weighted by molar-refractivity contribution is 5.73. The van der Waals surface area contributed by atoms with Gasteiger partial charge in [-0.3, -0.25) is 4.90 Å². The fourth-order valence-corrected chi connectivity index (χ4v) is 4.00. The maximum atomic E-state index is 12.1. The molecule has 0 spiro atoms. The molecule has 1 aromatic carbocycles. The highest BCUT2D eigenvalue weighted by Gasteiger charge is 2.27. The SMILES string of the molecule is CN(C)C(=O)N1CCC(CN2CCOC(CNC(=O)OCc3ccccc3)C2)CC1. The van der Waals surface area contributed by atoms with Gasteiger partial charge in [0.1, 0.15) is 6.61 Å². The zero-order valence-corrected chi connectivity index (χ0v) is 18.1. The van der Waals surface area contributed by atoms with Crippen molar-refractivity contribution in [3.8, 4) is 0 Å². The van der Waals surface area contributed by atoms with E-state index in [0.717, 1.165) is 51.1 Å². The molecule has 3 rings (SSSR count). The van der Waals surface area contributed by atoms with Crippen molar-refractivity contribution in [2.45, 2.75) is 25.6 Å². The monoisotopic (exact) mass is 418 g/mol. The number of likely N-dealkylation sites (tertiary alicyclic amines) is 1. The first-order valence-corrected chi connectivity index (χ1v) is 10.8. The minimum Gasteiger partial charge on any atom is -0.445 e. The topological polar surface area (TPSA) is 74.4 Å². The normalized spacial score (nSPS) is 20.6. The maximum Gasteiger partial charge on any atom is 0.407 e. The van der Waals surface area contributed by atoms with Gasteiger partial charge in [-0.1, -0.05) is 30.3 Å². The van der Waals surface area contributed by atoms with Crippen LogP contribution in [0.4, 0.5) is 9.59 Å². The number of amides is 3. The number of morpholine rings is 1. The average molecular weight is 419 g/mol. The maximum absolute atomic E-state index is 12.1. The van der Waals surface area contributed by atoms with Crippen LogP contribution in [0.25, 0.3) is 0 Å². The molecule has 1 aromatic rings. The van der Waals surface area contributed by atoms with Crippen molar-refractivity contribution >= 4 is 12.1 Å². The summed E-state index contributed by atoms with van der Waals surface area (Å²) in [5, 5.41) is 2.81. The van der Waals surface area contributed by atoms with E-state index in [1.807, 2.05) is 35.2 Å². The van der Waals surface area contributed by atoms with E-state index < -0.39 is 6.09 Å². The second kappa shape index (κ2) is 11.2. The average Bonchev–Trinajstić information content (AvgIpc) is 2.77. The summed E-state index contributed by atoms with van der Waals surface area (Å²) in [6, 6.07) is 9.73. The number of nitrogens with zero attached hydrogens (tertiary/aromatic N) is 3. The molecular weight excluding hydrogens is 384 g/mol. The molecule has 2 heterocycles. The number of alkyl carbamates (subject to hydrolysis) is 1. The van der Waals surface area contributed by atoms with Crippen LogP contribution in [0.2, 0.25) is 0 Å². The molecule has 2 fully saturated rings. The first kappa shape index (κ1) is 22.4. The minimum absolute atomic E-state index is 0.0292. The number of carbonyl (C=O) groups is 2. The van der Waals surface area contributed by atoms with Gasteiger partial charge in [0.2, 0.25) is 0 Å². The van der Waals surface area contributed by atoms with Crippen molar-refractivity contribution < 1.29 is 19.1 Å². The van der Waals surface area contributed by atoms with Crippen LogP contribution in [0.1, 0.15) is 18.4 Å². The largest absolute Gasteiger partial charge is 0.445 e. The summed E-state index contributed by atoms with van der Waals surface area (Å²) < 4.78 is 11.1. The van der Waals surface area contributed by atoms with Crippen LogP contribution < -0.4 is 5.32 Å². The van der Waals surface area contributed by atoms with E-state index >= 15 is 0 Å². The van der Waals surface area contributed by atoms with Gasteiger partial charge in [0.25, 0.3) is 0 Å². The van der Waals surface area contributed by atoms with Crippen molar-refractivity contribution in [2.24, 2.45) is 5.92 Å². The molecule has 0 aliphatic carbocycles. The number of rotatable bonds is 6. The zero-order chi connectivity index (χ0) is 21.3. The van der Waals surface area contributed by atoms with Crippen LogP contribution in [0, 0.1) is 5.92 Å². The first-order chi connectivity index (χ1) is 14.5. The fourth-order valence-electron chi connectivity index (χ4n) is 4.00. The van der Waals surface area contributed by atoms with E-state index in [4.69, 9.17) is 9.47 Å². The molecule has 1 atom stereocenters. The van der Waals surface area contributed by atoms with Gasteiger partial charge in [-0.05, 0) is 24.3 Å². The molecular formula is C22H34N4O4. The van der Waals surface area contributed by atoms with Crippen LogP contribution >= 0.6 is 0 Å². The number of carbonyl (C=O) groups excluding carboxylic acids is 2. The molecule has 0 bridgehead atoms. The lowest BCUT2D eigenvalue weighted by molar-refractivity contribution is -0.0337. The highest BCUT2D eigenvalue weighted by atomic mass is 16.5. The van der Waals surface area contributed by atoms with Crippen molar-refractivity contribution in [1.82, 2.24) is 20.0 Å².